The van der Waals surface area contributed by atoms with Gasteiger partial charge in [0.1, 0.15) is 11.6 Å². The van der Waals surface area contributed by atoms with Crippen molar-refractivity contribution in [2.24, 2.45) is 0 Å². The van der Waals surface area contributed by atoms with Crippen LogP contribution in [0.25, 0.3) is 16.5 Å². The first-order valence-corrected chi connectivity index (χ1v) is 13.1. The Balaban J connectivity index is 1.37. The van der Waals surface area contributed by atoms with Crippen molar-refractivity contribution < 1.29 is 9.53 Å². The Kier molecular flexibility index (Phi) is 7.32. The maximum atomic E-state index is 13.3. The number of hydrogen-bond donors (Lipinski definition) is 2. The van der Waals surface area contributed by atoms with Crippen molar-refractivity contribution in [2.45, 2.75) is 39.5 Å². The highest BCUT2D eigenvalue weighted by atomic mass is 16.5. The minimum atomic E-state index is -0.346. The number of aryl methyl sites for hydroxylation is 1. The maximum Gasteiger partial charge on any atom is 0.324 e. The number of pyridine rings is 1. The molecule has 0 spiro atoms. The first kappa shape index (κ1) is 26.0. The number of aromatic nitrogens is 3. The number of nitrogens with one attached hydrogen (secondary N) is 2. The Morgan fingerprint density at radius 2 is 1.62 bits per heavy atom. The van der Waals surface area contributed by atoms with E-state index in [0.717, 1.165) is 39.9 Å². The van der Waals surface area contributed by atoms with Crippen molar-refractivity contribution >= 4 is 28.3 Å². The molecule has 0 bridgehead atoms. The van der Waals surface area contributed by atoms with E-state index in [4.69, 9.17) is 9.84 Å². The molecule has 7 heteroatoms. The van der Waals surface area contributed by atoms with Gasteiger partial charge in [-0.25, -0.2) is 9.48 Å². The molecule has 0 radical (unpaired) electrons. The van der Waals surface area contributed by atoms with Gasteiger partial charge in [-0.1, -0.05) is 63.2 Å². The number of anilines is 2. The predicted octanol–water partition coefficient (Wildman–Crippen LogP) is 7.29. The molecule has 0 unspecified atom stereocenters. The first-order valence-electron chi connectivity index (χ1n) is 13.1. The van der Waals surface area contributed by atoms with E-state index >= 15 is 0 Å². The second kappa shape index (κ2) is 11.0. The molecule has 0 saturated heterocycles. The van der Waals surface area contributed by atoms with Crippen LogP contribution in [-0.2, 0) is 11.8 Å². The molecule has 2 heterocycles. The molecule has 2 amide bonds. The van der Waals surface area contributed by atoms with Crippen LogP contribution in [0.3, 0.4) is 0 Å². The van der Waals surface area contributed by atoms with Gasteiger partial charge in [0.2, 0.25) is 0 Å². The maximum absolute atomic E-state index is 13.3. The smallest absolute Gasteiger partial charge is 0.324 e. The highest BCUT2D eigenvalue weighted by Gasteiger charge is 2.22. The lowest BCUT2D eigenvalue weighted by molar-refractivity contribution is 0.262. The quantitative estimate of drug-likeness (QED) is 0.237. The Bertz CT molecular complexity index is 1600. The van der Waals surface area contributed by atoms with E-state index in [1.165, 1.54) is 5.56 Å². The summed E-state index contributed by atoms with van der Waals surface area (Å²) in [4.78, 5) is 17.3. The number of para-hydroxylation sites is 1. The molecule has 0 fully saturated rings. The second-order valence-corrected chi connectivity index (χ2v) is 10.6. The summed E-state index contributed by atoms with van der Waals surface area (Å²) >= 11 is 0. The average Bonchev–Trinajstić information content (AvgIpc) is 3.35. The Hall–Kier alpha value is -4.65. The second-order valence-electron chi connectivity index (χ2n) is 10.6. The standard InChI is InChI=1S/C32H33N5O2/c1-22-9-5-8-12-27(22)37-30(21-29(36-37)32(2,3)4)35-31(38)34-26-13-14-28(25-11-7-6-10-24(25)26)39-20-17-23-15-18-33-19-16-23/h5-16,18-19,21H,17,20H2,1-4H3,(H2,34,35,38). The van der Waals surface area contributed by atoms with E-state index in [1.807, 2.05) is 85.8 Å². The lowest BCUT2D eigenvalue weighted by Crippen LogP contribution is -2.21. The topological polar surface area (TPSA) is 81.1 Å². The van der Waals surface area contributed by atoms with Crippen LogP contribution in [0.4, 0.5) is 16.3 Å². The number of urea groups is 1. The molecule has 7 nitrogen and oxygen atoms in total. The van der Waals surface area contributed by atoms with E-state index in [9.17, 15) is 4.79 Å². The molecule has 198 valence electrons. The Morgan fingerprint density at radius 3 is 2.36 bits per heavy atom. The SMILES string of the molecule is Cc1ccccc1-n1nc(C(C)(C)C)cc1NC(=O)Nc1ccc(OCCc2ccncc2)c2ccccc12. The Morgan fingerprint density at radius 1 is 0.897 bits per heavy atom. The number of ether oxygens (including phenoxy) is 1. The number of amides is 2. The van der Waals surface area contributed by atoms with Gasteiger partial charge in [0.05, 0.1) is 23.7 Å². The molecule has 0 atom stereocenters. The van der Waals surface area contributed by atoms with Gasteiger partial charge < -0.3 is 10.1 Å². The number of hydrogen-bond acceptors (Lipinski definition) is 4. The fourth-order valence-electron chi connectivity index (χ4n) is 4.43. The molecule has 5 rings (SSSR count). The summed E-state index contributed by atoms with van der Waals surface area (Å²) in [7, 11) is 0. The number of carbonyl (C=O) groups excluding carboxylic acids is 1. The molecule has 0 aliphatic heterocycles. The van der Waals surface area contributed by atoms with E-state index in [1.54, 1.807) is 17.1 Å². The molecular formula is C32H33N5O2. The summed E-state index contributed by atoms with van der Waals surface area (Å²) in [6.45, 7) is 8.89. The van der Waals surface area contributed by atoms with Crippen LogP contribution in [0.1, 0.15) is 37.6 Å². The van der Waals surface area contributed by atoms with Crippen molar-refractivity contribution in [2.75, 3.05) is 17.2 Å². The third kappa shape index (κ3) is 5.93. The molecule has 0 saturated carbocycles. The minimum absolute atomic E-state index is 0.176. The zero-order valence-electron chi connectivity index (χ0n) is 22.7. The summed E-state index contributed by atoms with van der Waals surface area (Å²) < 4.78 is 7.93. The van der Waals surface area contributed by atoms with Gasteiger partial charge in [-0.3, -0.25) is 10.3 Å². The summed E-state index contributed by atoms with van der Waals surface area (Å²) in [5.74, 6) is 1.38. The minimum Gasteiger partial charge on any atom is -0.493 e. The highest BCUT2D eigenvalue weighted by Crippen LogP contribution is 2.32. The largest absolute Gasteiger partial charge is 0.493 e. The predicted molar refractivity (Wildman–Crippen MR) is 157 cm³/mol. The summed E-state index contributed by atoms with van der Waals surface area (Å²) in [5.41, 5.74) is 4.56. The molecule has 5 aromatic rings. The fraction of sp³-hybridized carbons (Fsp3) is 0.219. The zero-order chi connectivity index (χ0) is 27.4. The lowest BCUT2D eigenvalue weighted by Gasteiger charge is -2.15. The molecule has 3 aromatic carbocycles. The fourth-order valence-corrected chi connectivity index (χ4v) is 4.43. The highest BCUT2D eigenvalue weighted by molar-refractivity contribution is 6.07. The average molecular weight is 520 g/mol. The van der Waals surface area contributed by atoms with Crippen molar-refractivity contribution in [3.8, 4) is 11.4 Å². The van der Waals surface area contributed by atoms with Gasteiger partial charge in [-0.15, -0.1) is 0 Å². The van der Waals surface area contributed by atoms with E-state index in [-0.39, 0.29) is 11.4 Å². The summed E-state index contributed by atoms with van der Waals surface area (Å²) in [6.07, 6.45) is 4.35. The number of rotatable bonds is 7. The van der Waals surface area contributed by atoms with E-state index < -0.39 is 0 Å². The first-order chi connectivity index (χ1) is 18.8. The van der Waals surface area contributed by atoms with Gasteiger partial charge >= 0.3 is 6.03 Å². The van der Waals surface area contributed by atoms with Gasteiger partial charge in [0, 0.05) is 41.1 Å². The van der Waals surface area contributed by atoms with Gasteiger partial charge in [-0.2, -0.15) is 5.10 Å². The molecule has 39 heavy (non-hydrogen) atoms. The molecule has 2 N–H and O–H groups in total. The van der Waals surface area contributed by atoms with Crippen LogP contribution in [0.2, 0.25) is 0 Å². The van der Waals surface area contributed by atoms with Gasteiger partial charge in [-0.05, 0) is 48.4 Å². The van der Waals surface area contributed by atoms with Crippen LogP contribution in [-0.4, -0.2) is 27.4 Å². The third-order valence-corrected chi connectivity index (χ3v) is 6.59. The molecule has 2 aromatic heterocycles. The number of nitrogens with zero attached hydrogens (tertiary/aromatic N) is 3. The van der Waals surface area contributed by atoms with Crippen molar-refractivity contribution in [3.05, 3.63) is 108 Å². The number of fused-ring (bicyclic) bond motifs is 1. The van der Waals surface area contributed by atoms with Crippen LogP contribution >= 0.6 is 0 Å². The molecule has 0 aliphatic carbocycles. The van der Waals surface area contributed by atoms with Crippen molar-refractivity contribution in [1.29, 1.82) is 0 Å². The monoisotopic (exact) mass is 519 g/mol. The van der Waals surface area contributed by atoms with Crippen LogP contribution in [0.5, 0.6) is 5.75 Å². The third-order valence-electron chi connectivity index (χ3n) is 6.59. The van der Waals surface area contributed by atoms with Gasteiger partial charge in [0.25, 0.3) is 0 Å². The lowest BCUT2D eigenvalue weighted by atomic mass is 9.92. The summed E-state index contributed by atoms with van der Waals surface area (Å²) in [6, 6.07) is 25.2. The van der Waals surface area contributed by atoms with E-state index in [0.29, 0.717) is 18.1 Å². The number of benzene rings is 3. The van der Waals surface area contributed by atoms with E-state index in [2.05, 4.69) is 36.4 Å². The molecular weight excluding hydrogens is 486 g/mol. The molecule has 0 aliphatic rings. The van der Waals surface area contributed by atoms with Crippen LogP contribution in [0, 0.1) is 6.92 Å². The van der Waals surface area contributed by atoms with Crippen LogP contribution in [0.15, 0.2) is 91.3 Å². The zero-order valence-corrected chi connectivity index (χ0v) is 22.7. The van der Waals surface area contributed by atoms with Crippen molar-refractivity contribution in [1.82, 2.24) is 14.8 Å². The van der Waals surface area contributed by atoms with Crippen LogP contribution < -0.4 is 15.4 Å². The Labute approximate surface area is 228 Å². The normalized spacial score (nSPS) is 11.4. The summed E-state index contributed by atoms with van der Waals surface area (Å²) in [5, 5.41) is 12.7. The number of carbonyl (C=O) groups is 1. The van der Waals surface area contributed by atoms with Crippen molar-refractivity contribution in [3.63, 3.8) is 0 Å². The van der Waals surface area contributed by atoms with Gasteiger partial charge in [0.15, 0.2) is 0 Å².